The number of fused-ring (bicyclic) bond motifs is 1. The molecule has 2 aromatic heterocycles. The van der Waals surface area contributed by atoms with Crippen LogP contribution in [0, 0.1) is 0 Å². The van der Waals surface area contributed by atoms with Crippen molar-refractivity contribution in [3.8, 4) is 5.88 Å². The maximum absolute atomic E-state index is 10.7. The highest BCUT2D eigenvalue weighted by Crippen LogP contribution is 2.12. The van der Waals surface area contributed by atoms with Gasteiger partial charge in [0, 0.05) is 19.3 Å². The van der Waals surface area contributed by atoms with Crippen molar-refractivity contribution < 1.29 is 9.53 Å². The van der Waals surface area contributed by atoms with Gasteiger partial charge in [0.05, 0.1) is 12.4 Å². The Bertz CT molecular complexity index is 449. The van der Waals surface area contributed by atoms with Crippen LogP contribution in [-0.2, 0) is 4.79 Å². The maximum Gasteiger partial charge on any atom is 0.309 e. The van der Waals surface area contributed by atoms with Gasteiger partial charge in [-0.2, -0.15) is 0 Å². The number of hydrogen-bond donors (Lipinski definition) is 0. The summed E-state index contributed by atoms with van der Waals surface area (Å²) in [6.45, 7) is 1.35. The highest BCUT2D eigenvalue weighted by atomic mass is 16.5. The molecular formula is C8H7N3O2. The molecule has 2 heterocycles. The topological polar surface area (TPSA) is 56.5 Å². The Hall–Kier alpha value is -1.91. The van der Waals surface area contributed by atoms with Crippen molar-refractivity contribution in [2.75, 3.05) is 0 Å². The predicted molar refractivity (Wildman–Crippen MR) is 44.3 cm³/mol. The third kappa shape index (κ3) is 1.35. The molecule has 0 fully saturated rings. The van der Waals surface area contributed by atoms with Crippen LogP contribution in [0.25, 0.3) is 5.65 Å². The van der Waals surface area contributed by atoms with Gasteiger partial charge >= 0.3 is 5.97 Å². The fourth-order valence-corrected chi connectivity index (χ4v) is 1.04. The summed E-state index contributed by atoms with van der Waals surface area (Å²) in [7, 11) is 0. The van der Waals surface area contributed by atoms with E-state index in [9.17, 15) is 4.79 Å². The van der Waals surface area contributed by atoms with E-state index in [0.717, 1.165) is 0 Å². The average Bonchev–Trinajstić information content (AvgIpc) is 2.48. The number of nitrogens with zero attached hydrogens (tertiary/aromatic N) is 3. The lowest BCUT2D eigenvalue weighted by Crippen LogP contribution is -2.03. The lowest BCUT2D eigenvalue weighted by atomic mass is 10.7. The summed E-state index contributed by atoms with van der Waals surface area (Å²) in [6.07, 6.45) is 6.35. The summed E-state index contributed by atoms with van der Waals surface area (Å²) in [5, 5.41) is 0. The van der Waals surface area contributed by atoms with Crippen molar-refractivity contribution in [1.29, 1.82) is 0 Å². The summed E-state index contributed by atoms with van der Waals surface area (Å²) in [5.74, 6) is 0.0449. The Labute approximate surface area is 74.0 Å². The van der Waals surface area contributed by atoms with Crippen LogP contribution < -0.4 is 4.74 Å². The first-order chi connectivity index (χ1) is 6.27. The van der Waals surface area contributed by atoms with Gasteiger partial charge in [-0.05, 0) is 0 Å². The first-order valence-corrected chi connectivity index (χ1v) is 3.73. The Morgan fingerprint density at radius 1 is 1.54 bits per heavy atom. The predicted octanol–water partition coefficient (Wildman–Crippen LogP) is 0.655. The highest BCUT2D eigenvalue weighted by molar-refractivity contribution is 5.69. The summed E-state index contributed by atoms with van der Waals surface area (Å²) < 4.78 is 6.55. The molecule has 0 saturated carbocycles. The zero-order valence-corrected chi connectivity index (χ0v) is 6.97. The van der Waals surface area contributed by atoms with Crippen LogP contribution in [0.1, 0.15) is 6.92 Å². The minimum atomic E-state index is -0.362. The normalized spacial score (nSPS) is 10.2. The fraction of sp³-hybridized carbons (Fsp3) is 0.125. The van der Waals surface area contributed by atoms with E-state index < -0.39 is 0 Å². The van der Waals surface area contributed by atoms with Crippen molar-refractivity contribution in [3.63, 3.8) is 0 Å². The number of carbonyl (C=O) groups is 1. The van der Waals surface area contributed by atoms with Crippen LogP contribution in [0.5, 0.6) is 5.88 Å². The first kappa shape index (κ1) is 7.72. The van der Waals surface area contributed by atoms with Crippen LogP contribution in [-0.4, -0.2) is 20.3 Å². The monoisotopic (exact) mass is 177 g/mol. The molecule has 5 nitrogen and oxygen atoms in total. The maximum atomic E-state index is 10.7. The van der Waals surface area contributed by atoms with Crippen molar-refractivity contribution >= 4 is 11.6 Å². The summed E-state index contributed by atoms with van der Waals surface area (Å²) in [4.78, 5) is 18.6. The van der Waals surface area contributed by atoms with Gasteiger partial charge in [-0.15, -0.1) is 0 Å². The third-order valence-corrected chi connectivity index (χ3v) is 1.53. The summed E-state index contributed by atoms with van der Waals surface area (Å²) in [6, 6.07) is 0. The third-order valence-electron chi connectivity index (χ3n) is 1.53. The zero-order valence-electron chi connectivity index (χ0n) is 6.97. The number of imidazole rings is 1. The van der Waals surface area contributed by atoms with Crippen molar-refractivity contribution in [1.82, 2.24) is 14.4 Å². The van der Waals surface area contributed by atoms with Gasteiger partial charge in [0.1, 0.15) is 0 Å². The molecule has 0 atom stereocenters. The van der Waals surface area contributed by atoms with Crippen LogP contribution in [0.4, 0.5) is 0 Å². The van der Waals surface area contributed by atoms with E-state index in [1.165, 1.54) is 13.1 Å². The van der Waals surface area contributed by atoms with Crippen molar-refractivity contribution in [2.45, 2.75) is 6.92 Å². The second-order valence-electron chi connectivity index (χ2n) is 2.49. The minimum absolute atomic E-state index is 0.362. The zero-order chi connectivity index (χ0) is 9.26. The van der Waals surface area contributed by atoms with E-state index >= 15 is 0 Å². The minimum Gasteiger partial charge on any atom is -0.407 e. The first-order valence-electron chi connectivity index (χ1n) is 3.73. The number of aromatic nitrogens is 3. The number of rotatable bonds is 1. The molecule has 5 heteroatoms. The fourth-order valence-electron chi connectivity index (χ4n) is 1.04. The standard InChI is InChI=1S/C8H7N3O2/c1-6(12)13-8-5-10-7-4-9-2-3-11(7)8/h2-5H,1H3. The van der Waals surface area contributed by atoms with Crippen LogP contribution in [0.3, 0.4) is 0 Å². The Kier molecular flexibility index (Phi) is 1.70. The second kappa shape index (κ2) is 2.85. The molecule has 0 spiro atoms. The molecule has 13 heavy (non-hydrogen) atoms. The molecule has 0 radical (unpaired) electrons. The van der Waals surface area contributed by atoms with Gasteiger partial charge in [-0.3, -0.25) is 14.2 Å². The van der Waals surface area contributed by atoms with Gasteiger partial charge < -0.3 is 4.74 Å². The lowest BCUT2D eigenvalue weighted by molar-refractivity contribution is -0.132. The van der Waals surface area contributed by atoms with E-state index in [2.05, 4.69) is 9.97 Å². The van der Waals surface area contributed by atoms with Gasteiger partial charge in [0.25, 0.3) is 0 Å². The molecule has 0 aliphatic heterocycles. The Morgan fingerprint density at radius 2 is 2.38 bits per heavy atom. The van der Waals surface area contributed by atoms with E-state index in [0.29, 0.717) is 11.5 Å². The second-order valence-corrected chi connectivity index (χ2v) is 2.49. The molecule has 0 saturated heterocycles. The number of esters is 1. The van der Waals surface area contributed by atoms with E-state index in [1.54, 1.807) is 23.0 Å². The van der Waals surface area contributed by atoms with Crippen molar-refractivity contribution in [2.24, 2.45) is 0 Å². The van der Waals surface area contributed by atoms with Crippen molar-refractivity contribution in [3.05, 3.63) is 24.8 Å². The van der Waals surface area contributed by atoms with Gasteiger partial charge in [-0.25, -0.2) is 4.98 Å². The molecule has 0 N–H and O–H groups in total. The van der Waals surface area contributed by atoms with E-state index in [-0.39, 0.29) is 5.97 Å². The highest BCUT2D eigenvalue weighted by Gasteiger charge is 2.04. The summed E-state index contributed by atoms with van der Waals surface area (Å²) in [5.41, 5.74) is 0.652. The molecule has 0 bridgehead atoms. The molecular weight excluding hydrogens is 170 g/mol. The Morgan fingerprint density at radius 3 is 3.15 bits per heavy atom. The Balaban J connectivity index is 2.51. The van der Waals surface area contributed by atoms with Gasteiger partial charge in [0.2, 0.25) is 5.88 Å². The van der Waals surface area contributed by atoms with Crippen LogP contribution in [0.2, 0.25) is 0 Å². The SMILES string of the molecule is CC(=O)Oc1cnc2cnccn12. The molecule has 66 valence electrons. The molecule has 0 aliphatic rings. The quantitative estimate of drug-likeness (QED) is 0.600. The van der Waals surface area contributed by atoms with Gasteiger partial charge in [0.15, 0.2) is 5.65 Å². The van der Waals surface area contributed by atoms with Crippen LogP contribution >= 0.6 is 0 Å². The number of hydrogen-bond acceptors (Lipinski definition) is 4. The summed E-state index contributed by atoms with van der Waals surface area (Å²) >= 11 is 0. The molecule has 2 rings (SSSR count). The number of ether oxygens (including phenoxy) is 1. The van der Waals surface area contributed by atoms with Crippen LogP contribution in [0.15, 0.2) is 24.8 Å². The molecule has 0 unspecified atom stereocenters. The van der Waals surface area contributed by atoms with Gasteiger partial charge in [-0.1, -0.05) is 0 Å². The van der Waals surface area contributed by atoms with E-state index in [4.69, 9.17) is 4.74 Å². The average molecular weight is 177 g/mol. The lowest BCUT2D eigenvalue weighted by Gasteiger charge is -1.98. The van der Waals surface area contributed by atoms with E-state index in [1.807, 2.05) is 0 Å². The largest absolute Gasteiger partial charge is 0.407 e. The smallest absolute Gasteiger partial charge is 0.309 e. The molecule has 0 amide bonds. The molecule has 0 aromatic carbocycles. The molecule has 0 aliphatic carbocycles. The number of carbonyl (C=O) groups excluding carboxylic acids is 1. The molecule has 2 aromatic rings.